The summed E-state index contributed by atoms with van der Waals surface area (Å²) < 4.78 is 36.2. The summed E-state index contributed by atoms with van der Waals surface area (Å²) in [6, 6.07) is 0.140. The van der Waals surface area contributed by atoms with Crippen LogP contribution in [0.1, 0.15) is 5.69 Å². The molecular formula is C6H5F3N2O3. The first-order valence-corrected chi connectivity index (χ1v) is 3.34. The second-order valence-corrected chi connectivity index (χ2v) is 2.52. The Morgan fingerprint density at radius 1 is 1.36 bits per heavy atom. The van der Waals surface area contributed by atoms with Gasteiger partial charge in [0, 0.05) is 13.1 Å². The van der Waals surface area contributed by atoms with E-state index in [2.05, 4.69) is 0 Å². The number of nitrogens with zero attached hydrogens (tertiary/aromatic N) is 2. The number of hydrogen-bond donors (Lipinski definition) is 1. The molecule has 0 saturated heterocycles. The third kappa shape index (κ3) is 1.50. The molecule has 1 aromatic rings. The van der Waals surface area contributed by atoms with Gasteiger partial charge in [0.1, 0.15) is 5.69 Å². The molecule has 0 saturated carbocycles. The summed E-state index contributed by atoms with van der Waals surface area (Å²) in [5.41, 5.74) is -4.26. The van der Waals surface area contributed by atoms with Crippen LogP contribution in [-0.4, -0.2) is 14.5 Å². The molecular weight excluding hydrogens is 205 g/mol. The Hall–Kier alpha value is -1.73. The maximum atomic E-state index is 12.2. The molecule has 1 rings (SSSR count). The Kier molecular flexibility index (Phi) is 2.14. The van der Waals surface area contributed by atoms with Crippen LogP contribution in [0.25, 0.3) is 0 Å². The van der Waals surface area contributed by atoms with Crippen molar-refractivity contribution in [3.63, 3.8) is 0 Å². The zero-order chi connectivity index (χ0) is 11.1. The number of halogens is 3. The van der Waals surface area contributed by atoms with Crippen molar-refractivity contribution in [1.29, 1.82) is 0 Å². The van der Waals surface area contributed by atoms with E-state index in [1.54, 1.807) is 0 Å². The fourth-order valence-corrected chi connectivity index (χ4v) is 0.886. The van der Waals surface area contributed by atoms with E-state index in [1.807, 2.05) is 0 Å². The predicted molar refractivity (Wildman–Crippen MR) is 38.1 cm³/mol. The van der Waals surface area contributed by atoms with Gasteiger partial charge in [-0.1, -0.05) is 4.73 Å². The predicted octanol–water partition coefficient (Wildman–Crippen LogP) is -0.197. The molecule has 1 N–H and O–H groups in total. The number of rotatable bonds is 0. The van der Waals surface area contributed by atoms with E-state index < -0.39 is 27.8 Å². The fraction of sp³-hybridized carbons (Fsp3) is 0.333. The van der Waals surface area contributed by atoms with Crippen molar-refractivity contribution in [2.24, 2.45) is 7.05 Å². The largest absolute Gasteiger partial charge is 0.431 e. The van der Waals surface area contributed by atoms with Crippen LogP contribution in [0.5, 0.6) is 0 Å². The third-order valence-electron chi connectivity index (χ3n) is 1.59. The van der Waals surface area contributed by atoms with Crippen LogP contribution >= 0.6 is 0 Å². The number of alkyl halides is 3. The van der Waals surface area contributed by atoms with Crippen LogP contribution in [0.4, 0.5) is 13.2 Å². The van der Waals surface area contributed by atoms with Gasteiger partial charge in [0.05, 0.1) is 0 Å². The van der Waals surface area contributed by atoms with E-state index in [9.17, 15) is 22.8 Å². The molecule has 0 spiro atoms. The molecule has 78 valence electrons. The van der Waals surface area contributed by atoms with Crippen LogP contribution in [0.3, 0.4) is 0 Å². The lowest BCUT2D eigenvalue weighted by Crippen LogP contribution is -2.40. The Bertz CT molecular complexity index is 471. The average molecular weight is 210 g/mol. The molecule has 0 aliphatic heterocycles. The Morgan fingerprint density at radius 3 is 2.29 bits per heavy atom. The molecule has 0 atom stereocenters. The van der Waals surface area contributed by atoms with E-state index in [4.69, 9.17) is 5.21 Å². The lowest BCUT2D eigenvalue weighted by Gasteiger charge is -2.10. The molecule has 0 unspecified atom stereocenters. The molecule has 1 aromatic heterocycles. The van der Waals surface area contributed by atoms with E-state index in [0.29, 0.717) is 0 Å². The molecule has 0 aromatic carbocycles. The fourth-order valence-electron chi connectivity index (χ4n) is 0.886. The van der Waals surface area contributed by atoms with Crippen LogP contribution in [-0.2, 0) is 13.2 Å². The Balaban J connectivity index is 3.67. The highest BCUT2D eigenvalue weighted by molar-refractivity contribution is 5.05. The molecule has 0 fully saturated rings. The molecule has 0 radical (unpaired) electrons. The van der Waals surface area contributed by atoms with Crippen molar-refractivity contribution in [1.82, 2.24) is 9.30 Å². The van der Waals surface area contributed by atoms with E-state index in [0.717, 1.165) is 7.05 Å². The monoisotopic (exact) mass is 210 g/mol. The van der Waals surface area contributed by atoms with Gasteiger partial charge in [-0.3, -0.25) is 9.36 Å². The maximum absolute atomic E-state index is 12.2. The summed E-state index contributed by atoms with van der Waals surface area (Å²) in [4.78, 5) is 21.5. The van der Waals surface area contributed by atoms with Gasteiger partial charge in [-0.15, -0.1) is 0 Å². The van der Waals surface area contributed by atoms with Crippen molar-refractivity contribution >= 4 is 0 Å². The molecule has 0 aliphatic carbocycles. The summed E-state index contributed by atoms with van der Waals surface area (Å²) in [6.45, 7) is 0. The first kappa shape index (κ1) is 10.4. The van der Waals surface area contributed by atoms with E-state index in [-0.39, 0.29) is 10.6 Å². The SMILES string of the molecule is Cn1c(C(F)(F)F)cc(=O)n(O)c1=O. The van der Waals surface area contributed by atoms with E-state index >= 15 is 0 Å². The van der Waals surface area contributed by atoms with Crippen molar-refractivity contribution in [2.75, 3.05) is 0 Å². The minimum atomic E-state index is -4.80. The third-order valence-corrected chi connectivity index (χ3v) is 1.59. The van der Waals surface area contributed by atoms with Crippen LogP contribution in [0, 0.1) is 0 Å². The number of aromatic nitrogens is 2. The standard InChI is InChI=1S/C6H5F3N2O3/c1-10-3(6(7,8)9)2-4(12)11(14)5(10)13/h2,14H,1H3. The lowest BCUT2D eigenvalue weighted by atomic mass is 10.4. The highest BCUT2D eigenvalue weighted by Crippen LogP contribution is 2.26. The summed E-state index contributed by atoms with van der Waals surface area (Å²) in [5, 5.41) is 8.68. The van der Waals surface area contributed by atoms with Gasteiger partial charge in [-0.2, -0.15) is 13.2 Å². The van der Waals surface area contributed by atoms with E-state index in [1.165, 1.54) is 0 Å². The zero-order valence-corrected chi connectivity index (χ0v) is 6.87. The maximum Gasteiger partial charge on any atom is 0.431 e. The highest BCUT2D eigenvalue weighted by atomic mass is 19.4. The molecule has 0 aliphatic rings. The minimum absolute atomic E-state index is 0.140. The number of hydrogen-bond acceptors (Lipinski definition) is 3. The molecule has 1 heterocycles. The second-order valence-electron chi connectivity index (χ2n) is 2.52. The second kappa shape index (κ2) is 2.89. The molecule has 5 nitrogen and oxygen atoms in total. The van der Waals surface area contributed by atoms with Crippen molar-refractivity contribution < 1.29 is 18.4 Å². The highest BCUT2D eigenvalue weighted by Gasteiger charge is 2.34. The first-order valence-electron chi connectivity index (χ1n) is 3.34. The van der Waals surface area contributed by atoms with Crippen LogP contribution in [0.2, 0.25) is 0 Å². The van der Waals surface area contributed by atoms with Crippen LogP contribution in [0.15, 0.2) is 15.7 Å². The first-order chi connectivity index (χ1) is 6.25. The van der Waals surface area contributed by atoms with Crippen molar-refractivity contribution in [3.05, 3.63) is 32.6 Å². The minimum Gasteiger partial charge on any atom is -0.421 e. The molecule has 8 heteroatoms. The van der Waals surface area contributed by atoms with Gasteiger partial charge in [-0.25, -0.2) is 4.79 Å². The zero-order valence-electron chi connectivity index (χ0n) is 6.87. The summed E-state index contributed by atoms with van der Waals surface area (Å²) in [6.07, 6.45) is -4.80. The van der Waals surface area contributed by atoms with Crippen LogP contribution < -0.4 is 11.2 Å². The average Bonchev–Trinajstić information content (AvgIpc) is 2.06. The normalized spacial score (nSPS) is 11.7. The Labute approximate surface area is 74.6 Å². The van der Waals surface area contributed by atoms with Gasteiger partial charge >= 0.3 is 11.9 Å². The molecule has 0 bridgehead atoms. The quantitative estimate of drug-likeness (QED) is 0.603. The van der Waals surface area contributed by atoms with Crippen molar-refractivity contribution in [3.8, 4) is 0 Å². The summed E-state index contributed by atoms with van der Waals surface area (Å²) in [5.74, 6) is 0. The summed E-state index contributed by atoms with van der Waals surface area (Å²) in [7, 11) is 0.803. The smallest absolute Gasteiger partial charge is 0.421 e. The molecule has 0 amide bonds. The lowest BCUT2D eigenvalue weighted by molar-refractivity contribution is -0.144. The van der Waals surface area contributed by atoms with Gasteiger partial charge in [-0.05, 0) is 0 Å². The van der Waals surface area contributed by atoms with Gasteiger partial charge < -0.3 is 5.21 Å². The Morgan fingerprint density at radius 2 is 1.86 bits per heavy atom. The molecule has 14 heavy (non-hydrogen) atoms. The van der Waals surface area contributed by atoms with Crippen molar-refractivity contribution in [2.45, 2.75) is 6.18 Å². The topological polar surface area (TPSA) is 64.2 Å². The van der Waals surface area contributed by atoms with Gasteiger partial charge in [0.15, 0.2) is 0 Å². The summed E-state index contributed by atoms with van der Waals surface area (Å²) >= 11 is 0. The van der Waals surface area contributed by atoms with Gasteiger partial charge in [0.2, 0.25) is 0 Å². The van der Waals surface area contributed by atoms with Gasteiger partial charge in [0.25, 0.3) is 5.56 Å².